The van der Waals surface area contributed by atoms with Gasteiger partial charge in [0.1, 0.15) is 18.2 Å². The molecule has 2 heterocycles. The third-order valence-corrected chi connectivity index (χ3v) is 9.42. The number of nitrogens with zero attached hydrogens (tertiary/aromatic N) is 2. The van der Waals surface area contributed by atoms with Crippen molar-refractivity contribution in [2.45, 2.75) is 114 Å². The minimum Gasteiger partial charge on any atom is -0.445 e. The molecule has 1 aromatic rings. The Morgan fingerprint density at radius 3 is 2.47 bits per heavy atom. The summed E-state index contributed by atoms with van der Waals surface area (Å²) in [6.07, 6.45) is 8.01. The van der Waals surface area contributed by atoms with Crippen LogP contribution in [-0.2, 0) is 30.5 Å². The van der Waals surface area contributed by atoms with Crippen molar-refractivity contribution in [3.05, 3.63) is 47.8 Å². The number of primary amides is 1. The lowest BCUT2D eigenvalue weighted by atomic mass is 9.84. The molecule has 15 nitrogen and oxygen atoms in total. The summed E-state index contributed by atoms with van der Waals surface area (Å²) in [6.45, 7) is 3.77. The van der Waals surface area contributed by atoms with Gasteiger partial charge < -0.3 is 42.3 Å². The number of alkyl carbamates (subject to hydrolysis) is 1. The van der Waals surface area contributed by atoms with Crippen molar-refractivity contribution in [2.75, 3.05) is 13.1 Å². The van der Waals surface area contributed by atoms with Gasteiger partial charge in [-0.3, -0.25) is 24.2 Å². The zero-order chi connectivity index (χ0) is 35.6. The van der Waals surface area contributed by atoms with Crippen LogP contribution in [0.1, 0.15) is 83.6 Å². The van der Waals surface area contributed by atoms with Crippen LogP contribution in [0.4, 0.5) is 4.79 Å². The van der Waals surface area contributed by atoms with Crippen LogP contribution >= 0.6 is 0 Å². The predicted octanol–water partition coefficient (Wildman–Crippen LogP) is 0.827. The smallest absolute Gasteiger partial charge is 0.407 e. The second-order valence-electron chi connectivity index (χ2n) is 13.7. The average Bonchev–Trinajstić information content (AvgIpc) is 3.75. The van der Waals surface area contributed by atoms with Crippen molar-refractivity contribution in [1.82, 2.24) is 31.5 Å². The number of hydrazine groups is 2. The molecule has 2 fully saturated rings. The summed E-state index contributed by atoms with van der Waals surface area (Å²) in [7, 11) is 0. The van der Waals surface area contributed by atoms with Crippen molar-refractivity contribution in [3.8, 4) is 0 Å². The highest BCUT2D eigenvalue weighted by Crippen LogP contribution is 2.31. The maximum atomic E-state index is 13.9. The van der Waals surface area contributed by atoms with Crippen molar-refractivity contribution >= 4 is 29.6 Å². The van der Waals surface area contributed by atoms with Crippen LogP contribution in [0.15, 0.2) is 42.2 Å². The van der Waals surface area contributed by atoms with Crippen LogP contribution in [0.2, 0.25) is 0 Å². The van der Waals surface area contributed by atoms with Gasteiger partial charge in [-0.25, -0.2) is 4.79 Å². The Kier molecular flexibility index (Phi) is 13.4. The molecule has 4 amide bonds. The standard InChI is InChI=1S/C34H52N8O7/c1-34(2,48)28-19-38-40-42(28)24-18-27(41(20-24)32(46)25(35)17-22-11-5-3-6-12-22)31(45)39-26(29(43)30(36)44)15-9-10-16-37-33(47)49-21-23-13-7-4-8-14-23/h4,7-8,13-14,19,22,24-27,38,40,48H,3,5-6,9-12,15-18,20-21,35H2,1-2H3,(H2,36,44)(H,37,47)(H,39,45)/t24-,25+,26?,27-/m0/s1. The van der Waals surface area contributed by atoms with Gasteiger partial charge in [-0.1, -0.05) is 62.4 Å². The van der Waals surface area contributed by atoms with E-state index in [9.17, 15) is 29.1 Å². The number of Topliss-reactive ketones (excluding diaryl/α,β-unsaturated/α-hetero) is 1. The number of ether oxygens (including phenoxy) is 1. The Morgan fingerprint density at radius 1 is 1.08 bits per heavy atom. The number of rotatable bonds is 16. The third kappa shape index (κ3) is 10.6. The van der Waals surface area contributed by atoms with E-state index in [2.05, 4.69) is 21.6 Å². The summed E-state index contributed by atoms with van der Waals surface area (Å²) >= 11 is 0. The zero-order valence-corrected chi connectivity index (χ0v) is 28.5. The summed E-state index contributed by atoms with van der Waals surface area (Å²) in [6, 6.07) is 5.80. The number of benzene rings is 1. The molecule has 1 saturated heterocycles. The molecule has 1 unspecified atom stereocenters. The maximum absolute atomic E-state index is 13.9. The van der Waals surface area contributed by atoms with E-state index in [1.807, 2.05) is 30.3 Å². The zero-order valence-electron chi connectivity index (χ0n) is 28.5. The van der Waals surface area contributed by atoms with Crippen LogP contribution < -0.4 is 33.1 Å². The van der Waals surface area contributed by atoms with Crippen molar-refractivity contribution < 1.29 is 33.8 Å². The first kappa shape index (κ1) is 37.6. The highest BCUT2D eigenvalue weighted by Gasteiger charge is 2.46. The number of aliphatic hydroxyl groups is 1. The molecule has 15 heteroatoms. The summed E-state index contributed by atoms with van der Waals surface area (Å²) in [4.78, 5) is 66.0. The summed E-state index contributed by atoms with van der Waals surface area (Å²) in [5, 5.41) is 17.8. The van der Waals surface area contributed by atoms with Gasteiger partial charge >= 0.3 is 6.09 Å². The topological polar surface area (TPSA) is 221 Å². The van der Waals surface area contributed by atoms with Crippen LogP contribution in [-0.4, -0.2) is 87.5 Å². The molecule has 0 spiro atoms. The summed E-state index contributed by atoms with van der Waals surface area (Å²) < 4.78 is 5.20. The average molecular weight is 685 g/mol. The number of nitrogens with one attached hydrogen (secondary N) is 4. The summed E-state index contributed by atoms with van der Waals surface area (Å²) in [5.41, 5.74) is 17.8. The molecule has 1 saturated carbocycles. The number of hydrogen-bond donors (Lipinski definition) is 7. The molecule has 0 bridgehead atoms. The monoisotopic (exact) mass is 684 g/mol. The number of carbonyl (C=O) groups is 5. The Morgan fingerprint density at radius 2 is 1.80 bits per heavy atom. The fourth-order valence-electron chi connectivity index (χ4n) is 6.79. The molecule has 4 rings (SSSR count). The van der Waals surface area contributed by atoms with Crippen LogP contribution in [0.3, 0.4) is 0 Å². The predicted molar refractivity (Wildman–Crippen MR) is 180 cm³/mol. The molecular formula is C34H52N8O7. The van der Waals surface area contributed by atoms with E-state index in [-0.39, 0.29) is 38.4 Å². The van der Waals surface area contributed by atoms with Crippen molar-refractivity contribution in [2.24, 2.45) is 17.4 Å². The van der Waals surface area contributed by atoms with E-state index in [0.29, 0.717) is 30.9 Å². The highest BCUT2D eigenvalue weighted by molar-refractivity contribution is 6.37. The Hall–Kier alpha value is -4.21. The number of unbranched alkanes of at least 4 members (excludes halogenated alkanes) is 1. The van der Waals surface area contributed by atoms with Crippen LogP contribution in [0, 0.1) is 5.92 Å². The van der Waals surface area contributed by atoms with Crippen molar-refractivity contribution in [3.63, 3.8) is 0 Å². The molecule has 9 N–H and O–H groups in total. The number of hydrogen-bond acceptors (Lipinski definition) is 11. The Labute approximate surface area is 287 Å². The normalized spacial score (nSPS) is 20.9. The van der Waals surface area contributed by atoms with Gasteiger partial charge in [0.25, 0.3) is 5.91 Å². The van der Waals surface area contributed by atoms with Gasteiger partial charge in [-0.05, 0) is 51.0 Å². The second-order valence-corrected chi connectivity index (χ2v) is 13.7. The van der Waals surface area contributed by atoms with Crippen molar-refractivity contribution in [1.29, 1.82) is 0 Å². The Bertz CT molecular complexity index is 1350. The first-order chi connectivity index (χ1) is 23.3. The fraction of sp³-hybridized carbons (Fsp3) is 0.618. The van der Waals surface area contributed by atoms with Gasteiger partial charge in [0.05, 0.1) is 23.8 Å². The van der Waals surface area contributed by atoms with E-state index in [0.717, 1.165) is 31.2 Å². The van der Waals surface area contributed by atoms with Gasteiger partial charge in [0.15, 0.2) is 0 Å². The molecule has 3 aliphatic rings. The number of nitrogens with two attached hydrogens (primary N) is 2. The third-order valence-electron chi connectivity index (χ3n) is 9.42. The first-order valence-corrected chi connectivity index (χ1v) is 17.2. The largest absolute Gasteiger partial charge is 0.445 e. The fourth-order valence-corrected chi connectivity index (χ4v) is 6.79. The van der Waals surface area contributed by atoms with E-state index >= 15 is 0 Å². The number of carbonyl (C=O) groups excluding carboxylic acids is 5. The van der Waals surface area contributed by atoms with Crippen LogP contribution in [0.25, 0.3) is 0 Å². The van der Waals surface area contributed by atoms with Gasteiger partial charge in [0.2, 0.25) is 17.6 Å². The van der Waals surface area contributed by atoms with E-state index in [1.165, 1.54) is 11.3 Å². The molecule has 4 atom stereocenters. The minimum atomic E-state index is -1.23. The Balaban J connectivity index is 1.38. The number of likely N-dealkylation sites (tertiary alicyclic amines) is 1. The second kappa shape index (κ2) is 17.4. The molecule has 0 aromatic heterocycles. The number of ketones is 1. The lowest BCUT2D eigenvalue weighted by Crippen LogP contribution is -2.55. The number of amides is 4. The molecule has 270 valence electrons. The van der Waals surface area contributed by atoms with E-state index in [1.54, 1.807) is 25.1 Å². The van der Waals surface area contributed by atoms with Gasteiger partial charge in [-0.15, -0.1) is 5.53 Å². The molecule has 2 aliphatic heterocycles. The van der Waals surface area contributed by atoms with Gasteiger partial charge in [0, 0.05) is 25.7 Å². The summed E-state index contributed by atoms with van der Waals surface area (Å²) in [5.74, 6) is -2.78. The lowest BCUT2D eigenvalue weighted by molar-refractivity contribution is -0.142. The highest BCUT2D eigenvalue weighted by atomic mass is 16.5. The lowest BCUT2D eigenvalue weighted by Gasteiger charge is -2.33. The maximum Gasteiger partial charge on any atom is 0.407 e. The quantitative estimate of drug-likeness (QED) is 0.0955. The molecule has 49 heavy (non-hydrogen) atoms. The molecule has 1 aliphatic carbocycles. The van der Waals surface area contributed by atoms with E-state index in [4.69, 9.17) is 16.2 Å². The SMILES string of the molecule is CC(C)(O)C1=CNNN1[C@H]1C[C@@H](C(=O)NC(CCCCNC(=O)OCc2ccccc2)C(=O)C(N)=O)N(C(=O)[C@H](N)CC2CCCCC2)C1. The molecule has 1 aromatic carbocycles. The van der Waals surface area contributed by atoms with Gasteiger partial charge in [-0.2, -0.15) is 0 Å². The van der Waals surface area contributed by atoms with E-state index < -0.39 is 53.5 Å². The molecular weight excluding hydrogens is 632 g/mol. The molecule has 0 radical (unpaired) electrons. The first-order valence-electron chi connectivity index (χ1n) is 17.2. The minimum absolute atomic E-state index is 0.0860. The van der Waals surface area contributed by atoms with Crippen LogP contribution in [0.5, 0.6) is 0 Å².